The Morgan fingerprint density at radius 3 is 1.84 bits per heavy atom. The minimum absolute atomic E-state index is 0.313. The first kappa shape index (κ1) is 23.4. The van der Waals surface area contributed by atoms with E-state index in [2.05, 4.69) is 102 Å². The molecule has 2 nitrogen and oxygen atoms in total. The molecule has 2 heteroatoms. The van der Waals surface area contributed by atoms with Crippen molar-refractivity contribution < 1.29 is 8.22 Å². The summed E-state index contributed by atoms with van der Waals surface area (Å²) in [6, 6.07) is 50.8. The number of hydrogen-bond acceptors (Lipinski definition) is 1. The van der Waals surface area contributed by atoms with Gasteiger partial charge in [0.2, 0.25) is 0 Å². The second-order valence-corrected chi connectivity index (χ2v) is 13.3. The number of benzene rings is 8. The van der Waals surface area contributed by atoms with E-state index in [0.29, 0.717) is 22.3 Å². The number of aryl methyl sites for hydroxylation is 1. The van der Waals surface area contributed by atoms with E-state index in [9.17, 15) is 0 Å². The zero-order valence-corrected chi connectivity index (χ0v) is 27.5. The number of hydrogen-bond donors (Lipinski definition) is 0. The molecule has 0 saturated heterocycles. The summed E-state index contributed by atoms with van der Waals surface area (Å²) in [6.45, 7) is -3.55. The first-order chi connectivity index (χ1) is 27.0. The van der Waals surface area contributed by atoms with E-state index in [1.165, 1.54) is 0 Å². The van der Waals surface area contributed by atoms with Crippen LogP contribution in [0.25, 0.3) is 82.4 Å². The van der Waals surface area contributed by atoms with Gasteiger partial charge in [-0.1, -0.05) is 148 Å². The van der Waals surface area contributed by atoms with Crippen molar-refractivity contribution in [3.05, 3.63) is 169 Å². The molecule has 50 heavy (non-hydrogen) atoms. The van der Waals surface area contributed by atoms with E-state index >= 15 is 0 Å². The Morgan fingerprint density at radius 1 is 0.540 bits per heavy atom. The molecule has 0 fully saturated rings. The number of para-hydroxylation sites is 2. The molecule has 10 rings (SSSR count). The third-order valence-electron chi connectivity index (χ3n) is 10.6. The van der Waals surface area contributed by atoms with E-state index in [1.54, 1.807) is 12.1 Å². The van der Waals surface area contributed by atoms with Gasteiger partial charge < -0.3 is 0 Å². The van der Waals surface area contributed by atoms with Crippen LogP contribution in [0.1, 0.15) is 45.8 Å². The van der Waals surface area contributed by atoms with E-state index < -0.39 is 19.1 Å². The van der Waals surface area contributed by atoms with Crippen LogP contribution in [0.3, 0.4) is 0 Å². The zero-order chi connectivity index (χ0) is 38.6. The molecule has 8 aromatic carbocycles. The second kappa shape index (κ2) is 10.8. The summed E-state index contributed by atoms with van der Waals surface area (Å²) in [4.78, 5) is 4.98. The first-order valence-electron chi connectivity index (χ1n) is 20.2. The SMILES string of the molecule is [2H]C([2H])([2H])C1(C([2H])([2H])[2H])c2ccccc2-c2ccc(-c3c4ccccc4c(-c4ccc(-n5c(CC)nc6ccccc65)c5ccccc45)c4ccccc34)cc21. The maximum absolute atomic E-state index is 8.81. The average Bonchev–Trinajstić information content (AvgIpc) is 3.73. The summed E-state index contributed by atoms with van der Waals surface area (Å²) in [5.41, 5.74) is 6.75. The van der Waals surface area contributed by atoms with Gasteiger partial charge in [0.1, 0.15) is 5.82 Å². The van der Waals surface area contributed by atoms with Crippen molar-refractivity contribution in [3.63, 3.8) is 0 Å². The number of fused-ring (bicyclic) bond motifs is 7. The molecule has 1 aliphatic carbocycles. The van der Waals surface area contributed by atoms with Gasteiger partial charge in [-0.25, -0.2) is 4.98 Å². The lowest BCUT2D eigenvalue weighted by Gasteiger charge is -2.23. The second-order valence-electron chi connectivity index (χ2n) is 13.3. The third-order valence-corrected chi connectivity index (χ3v) is 10.6. The Morgan fingerprint density at radius 2 is 1.12 bits per heavy atom. The first-order valence-corrected chi connectivity index (χ1v) is 17.2. The van der Waals surface area contributed by atoms with Crippen LogP contribution in [0.4, 0.5) is 0 Å². The predicted molar refractivity (Wildman–Crippen MR) is 211 cm³/mol. The van der Waals surface area contributed by atoms with Crippen LogP contribution < -0.4 is 0 Å². The van der Waals surface area contributed by atoms with Gasteiger partial charge in [-0.2, -0.15) is 0 Å². The molecule has 0 bridgehead atoms. The average molecular weight is 647 g/mol. The normalized spacial score (nSPS) is 15.6. The molecule has 238 valence electrons. The number of nitrogens with zero attached hydrogens (tertiary/aromatic N) is 2. The standard InChI is InChI=1S/C48H36N2/c1-4-45-49-42-23-13-14-24-44(42)50(45)43-28-27-39(31-15-5-6-17-34(31)43)47-37-20-9-7-18-35(37)46(36-19-8-10-21-38(36)47)30-25-26-33-32-16-11-12-22-40(32)48(2,3)41(33)29-30/h5-29H,4H2,1-3H3/i2D3,3D3. The summed E-state index contributed by atoms with van der Waals surface area (Å²) in [5.74, 6) is 1.00. The highest BCUT2D eigenvalue weighted by Gasteiger charge is 2.35. The van der Waals surface area contributed by atoms with Gasteiger partial charge in [0.15, 0.2) is 0 Å². The van der Waals surface area contributed by atoms with E-state index in [-0.39, 0.29) is 0 Å². The lowest BCUT2D eigenvalue weighted by Crippen LogP contribution is -2.14. The summed E-state index contributed by atoms with van der Waals surface area (Å²) in [7, 11) is 0. The van der Waals surface area contributed by atoms with Gasteiger partial charge in [-0.3, -0.25) is 4.57 Å². The van der Waals surface area contributed by atoms with E-state index in [1.807, 2.05) is 48.5 Å². The fourth-order valence-electron chi connectivity index (χ4n) is 8.44. The molecule has 1 aliphatic rings. The van der Waals surface area contributed by atoms with Crippen LogP contribution >= 0.6 is 0 Å². The molecular weight excluding hydrogens is 605 g/mol. The Labute approximate surface area is 300 Å². The number of aromatic nitrogens is 2. The molecule has 0 saturated carbocycles. The van der Waals surface area contributed by atoms with Crippen LogP contribution in [0, 0.1) is 0 Å². The highest BCUT2D eigenvalue weighted by atomic mass is 15.1. The Balaban J connectivity index is 1.26. The lowest BCUT2D eigenvalue weighted by atomic mass is 9.80. The fourth-order valence-corrected chi connectivity index (χ4v) is 8.44. The Kier molecular flexibility index (Phi) is 5.03. The zero-order valence-electron chi connectivity index (χ0n) is 33.5. The van der Waals surface area contributed by atoms with E-state index in [0.717, 1.165) is 83.5 Å². The molecule has 9 aromatic rings. The highest BCUT2D eigenvalue weighted by molar-refractivity contribution is 6.24. The van der Waals surface area contributed by atoms with Crippen molar-refractivity contribution in [2.45, 2.75) is 32.5 Å². The minimum atomic E-state index is -2.85. The van der Waals surface area contributed by atoms with Crippen LogP contribution in [0.2, 0.25) is 0 Å². The van der Waals surface area contributed by atoms with Crippen molar-refractivity contribution in [2.75, 3.05) is 0 Å². The molecular formula is C48H36N2. The molecule has 1 heterocycles. The Bertz CT molecular complexity index is 2990. The molecule has 0 N–H and O–H groups in total. The molecule has 0 spiro atoms. The molecule has 0 amide bonds. The van der Waals surface area contributed by atoms with Crippen LogP contribution in [-0.2, 0) is 11.8 Å². The quantitative estimate of drug-likeness (QED) is 0.174. The topological polar surface area (TPSA) is 17.8 Å². The van der Waals surface area contributed by atoms with Crippen molar-refractivity contribution >= 4 is 43.4 Å². The minimum Gasteiger partial charge on any atom is -0.296 e. The molecule has 1 aromatic heterocycles. The fraction of sp³-hybridized carbons (Fsp3) is 0.104. The molecule has 0 atom stereocenters. The highest BCUT2D eigenvalue weighted by Crippen LogP contribution is 2.51. The van der Waals surface area contributed by atoms with Gasteiger partial charge in [-0.15, -0.1) is 0 Å². The monoisotopic (exact) mass is 646 g/mol. The van der Waals surface area contributed by atoms with Crippen LogP contribution in [0.15, 0.2) is 152 Å². The molecule has 0 unspecified atom stereocenters. The van der Waals surface area contributed by atoms with Gasteiger partial charge in [0.05, 0.1) is 16.7 Å². The van der Waals surface area contributed by atoms with E-state index in [4.69, 9.17) is 13.2 Å². The maximum atomic E-state index is 8.81. The number of imidazole rings is 1. The van der Waals surface area contributed by atoms with Gasteiger partial charge in [0.25, 0.3) is 0 Å². The van der Waals surface area contributed by atoms with Crippen molar-refractivity contribution in [1.29, 1.82) is 0 Å². The van der Waals surface area contributed by atoms with Crippen molar-refractivity contribution in [1.82, 2.24) is 9.55 Å². The predicted octanol–water partition coefficient (Wildman–Crippen LogP) is 12.7. The molecule has 0 aliphatic heterocycles. The summed E-state index contributed by atoms with van der Waals surface area (Å²) in [5, 5.41) is 6.30. The van der Waals surface area contributed by atoms with Gasteiger partial charge in [0, 0.05) is 25.4 Å². The smallest absolute Gasteiger partial charge is 0.114 e. The van der Waals surface area contributed by atoms with Crippen molar-refractivity contribution in [3.8, 4) is 39.1 Å². The maximum Gasteiger partial charge on any atom is 0.114 e. The van der Waals surface area contributed by atoms with Crippen molar-refractivity contribution in [2.24, 2.45) is 0 Å². The number of rotatable bonds is 4. The van der Waals surface area contributed by atoms with Crippen LogP contribution in [-0.4, -0.2) is 9.55 Å². The van der Waals surface area contributed by atoms with Gasteiger partial charge >= 0.3 is 0 Å². The summed E-state index contributed by atoms with van der Waals surface area (Å²) < 4.78 is 55.2. The largest absolute Gasteiger partial charge is 0.296 e. The Hall–Kier alpha value is -5.99. The summed E-state index contributed by atoms with van der Waals surface area (Å²) >= 11 is 0. The van der Waals surface area contributed by atoms with Crippen LogP contribution in [0.5, 0.6) is 0 Å². The summed E-state index contributed by atoms with van der Waals surface area (Å²) in [6.07, 6.45) is 0.788. The lowest BCUT2D eigenvalue weighted by molar-refractivity contribution is 0.660. The molecule has 0 radical (unpaired) electrons. The third kappa shape index (κ3) is 3.99. The van der Waals surface area contributed by atoms with Gasteiger partial charge in [-0.05, 0) is 95.7 Å².